The number of carbonyl (C=O) groups is 2. The summed E-state index contributed by atoms with van der Waals surface area (Å²) >= 11 is 0. The third-order valence-electron chi connectivity index (χ3n) is 5.47. The number of benzene rings is 2. The first-order chi connectivity index (χ1) is 13.0. The molecule has 1 aliphatic heterocycles. The molecule has 1 aliphatic rings. The van der Waals surface area contributed by atoms with Crippen LogP contribution in [-0.2, 0) is 16.0 Å². The van der Waals surface area contributed by atoms with E-state index in [0.29, 0.717) is 5.69 Å². The largest absolute Gasteiger partial charge is 0.361 e. The van der Waals surface area contributed by atoms with Crippen molar-refractivity contribution in [3.8, 4) is 0 Å². The second-order valence-corrected chi connectivity index (χ2v) is 7.28. The Balaban J connectivity index is 1.42. The van der Waals surface area contributed by atoms with Crippen LogP contribution >= 0.6 is 0 Å². The molecule has 2 amide bonds. The lowest BCUT2D eigenvalue weighted by Gasteiger charge is -2.15. The molecule has 3 aromatic rings. The maximum absolute atomic E-state index is 12.8. The first-order valence-corrected chi connectivity index (χ1v) is 9.37. The van der Waals surface area contributed by atoms with Crippen molar-refractivity contribution >= 4 is 28.4 Å². The van der Waals surface area contributed by atoms with Crippen molar-refractivity contribution in [1.29, 1.82) is 0 Å². The minimum atomic E-state index is -0.329. The number of H-pyrrole nitrogens is 1. The van der Waals surface area contributed by atoms with E-state index in [0.717, 1.165) is 29.6 Å². The zero-order valence-corrected chi connectivity index (χ0v) is 15.7. The molecule has 5 heteroatoms. The number of aryl methyl sites for hydroxylation is 2. The van der Waals surface area contributed by atoms with Crippen LogP contribution in [0.15, 0.2) is 48.7 Å². The van der Waals surface area contributed by atoms with Crippen molar-refractivity contribution in [3.63, 3.8) is 0 Å². The first-order valence-electron chi connectivity index (χ1n) is 9.37. The number of nitrogens with two attached hydrogens (primary N) is 1. The second-order valence-electron chi connectivity index (χ2n) is 7.28. The maximum atomic E-state index is 12.8. The van der Waals surface area contributed by atoms with E-state index >= 15 is 0 Å². The van der Waals surface area contributed by atoms with Gasteiger partial charge in [0.2, 0.25) is 5.91 Å². The lowest BCUT2D eigenvalue weighted by molar-refractivity contribution is -0.674. The fourth-order valence-electron chi connectivity index (χ4n) is 3.75. The van der Waals surface area contributed by atoms with Crippen LogP contribution in [0.4, 0.5) is 5.69 Å². The molecule has 0 saturated carbocycles. The van der Waals surface area contributed by atoms with Crippen LogP contribution in [-0.4, -0.2) is 29.4 Å². The molecular weight excluding hydrogens is 338 g/mol. The van der Waals surface area contributed by atoms with Crippen molar-refractivity contribution in [1.82, 2.24) is 4.98 Å². The molecule has 0 radical (unpaired) electrons. The summed E-state index contributed by atoms with van der Waals surface area (Å²) in [6.07, 6.45) is 3.15. The summed E-state index contributed by atoms with van der Waals surface area (Å²) in [4.78, 5) is 29.8. The highest BCUT2D eigenvalue weighted by Crippen LogP contribution is 2.24. The predicted octanol–water partition coefficient (Wildman–Crippen LogP) is 2.22. The standard InChI is InChI=1S/C22H23N3O2/c1-14-7-8-17(11-15(14)2)25-21(26)12-20(22(25)27)23-10-9-16-13-24-19-6-4-3-5-18(16)19/h3-8,11,13,20,23-24H,9-10,12H2,1-2H3/p+1/t20-/m1/s1. The second kappa shape index (κ2) is 7.00. The van der Waals surface area contributed by atoms with Crippen LogP contribution in [0.3, 0.4) is 0 Å². The highest BCUT2D eigenvalue weighted by molar-refractivity contribution is 6.21. The van der Waals surface area contributed by atoms with E-state index in [9.17, 15) is 9.59 Å². The Bertz CT molecular complexity index is 1020. The third kappa shape index (κ3) is 3.26. The minimum absolute atomic E-state index is 0.109. The van der Waals surface area contributed by atoms with Gasteiger partial charge < -0.3 is 10.3 Å². The van der Waals surface area contributed by atoms with Crippen LogP contribution in [0.2, 0.25) is 0 Å². The normalized spacial score (nSPS) is 17.3. The fraction of sp³-hybridized carbons (Fsp3) is 0.273. The number of imide groups is 1. The zero-order chi connectivity index (χ0) is 19.0. The number of nitrogens with one attached hydrogen (secondary N) is 1. The molecule has 0 unspecified atom stereocenters. The number of rotatable bonds is 5. The summed E-state index contributed by atoms with van der Waals surface area (Å²) in [5.41, 5.74) is 5.28. The molecule has 27 heavy (non-hydrogen) atoms. The zero-order valence-electron chi connectivity index (χ0n) is 15.7. The SMILES string of the molecule is Cc1ccc(N2C(=O)C[C@@H]([NH2+]CCc3c[nH]c4ccccc34)C2=O)cc1C. The average Bonchev–Trinajstić information content (AvgIpc) is 3.19. The highest BCUT2D eigenvalue weighted by atomic mass is 16.2. The number of hydrogen-bond acceptors (Lipinski definition) is 2. The smallest absolute Gasteiger partial charge is 0.292 e. The lowest BCUT2D eigenvalue weighted by Crippen LogP contribution is -2.92. The molecule has 4 rings (SSSR count). The summed E-state index contributed by atoms with van der Waals surface area (Å²) in [6.45, 7) is 4.79. The van der Waals surface area contributed by atoms with Gasteiger partial charge in [-0.15, -0.1) is 0 Å². The van der Waals surface area contributed by atoms with Crippen molar-refractivity contribution < 1.29 is 14.9 Å². The molecule has 0 aliphatic carbocycles. The van der Waals surface area contributed by atoms with Gasteiger partial charge in [0.15, 0.2) is 6.04 Å². The molecule has 0 bridgehead atoms. The maximum Gasteiger partial charge on any atom is 0.292 e. The van der Waals surface area contributed by atoms with Crippen molar-refractivity contribution in [2.75, 3.05) is 11.4 Å². The number of para-hydroxylation sites is 1. The van der Waals surface area contributed by atoms with Gasteiger partial charge in [0.1, 0.15) is 0 Å². The molecule has 1 atom stereocenters. The summed E-state index contributed by atoms with van der Waals surface area (Å²) < 4.78 is 0. The van der Waals surface area contributed by atoms with Crippen LogP contribution in [0.25, 0.3) is 10.9 Å². The topological polar surface area (TPSA) is 69.8 Å². The first kappa shape index (κ1) is 17.5. The molecule has 5 nitrogen and oxygen atoms in total. The average molecular weight is 362 g/mol. The van der Waals surface area contributed by atoms with E-state index in [-0.39, 0.29) is 24.3 Å². The molecule has 2 aromatic carbocycles. The number of quaternary nitrogens is 1. The summed E-state index contributed by atoms with van der Waals surface area (Å²) in [5.74, 6) is -0.223. The van der Waals surface area contributed by atoms with Gasteiger partial charge in [0.05, 0.1) is 18.7 Å². The van der Waals surface area contributed by atoms with E-state index in [1.54, 1.807) is 0 Å². The Morgan fingerprint density at radius 2 is 1.93 bits per heavy atom. The van der Waals surface area contributed by atoms with Crippen LogP contribution in [0, 0.1) is 13.8 Å². The van der Waals surface area contributed by atoms with E-state index in [2.05, 4.69) is 17.1 Å². The number of nitrogens with zero attached hydrogens (tertiary/aromatic N) is 1. The number of carbonyl (C=O) groups excluding carboxylic acids is 2. The summed E-state index contributed by atoms with van der Waals surface area (Å²) in [7, 11) is 0. The molecule has 1 fully saturated rings. The molecule has 3 N–H and O–H groups in total. The Hall–Kier alpha value is -2.92. The van der Waals surface area contributed by atoms with Gasteiger partial charge in [0, 0.05) is 23.5 Å². The van der Waals surface area contributed by atoms with Gasteiger partial charge in [-0.25, -0.2) is 4.90 Å². The molecular formula is C22H24N3O2+. The fourth-order valence-corrected chi connectivity index (χ4v) is 3.75. The van der Waals surface area contributed by atoms with E-state index in [4.69, 9.17) is 0 Å². The Morgan fingerprint density at radius 1 is 1.11 bits per heavy atom. The van der Waals surface area contributed by atoms with E-state index in [1.165, 1.54) is 15.8 Å². The van der Waals surface area contributed by atoms with Crippen molar-refractivity contribution in [2.24, 2.45) is 0 Å². The monoisotopic (exact) mass is 362 g/mol. The quantitative estimate of drug-likeness (QED) is 0.684. The molecule has 138 valence electrons. The molecule has 1 saturated heterocycles. The summed E-state index contributed by atoms with van der Waals surface area (Å²) in [6, 6.07) is 13.6. The number of hydrogen-bond donors (Lipinski definition) is 2. The third-order valence-corrected chi connectivity index (χ3v) is 5.47. The number of fused-ring (bicyclic) bond motifs is 1. The number of aromatic amines is 1. The van der Waals surface area contributed by atoms with Gasteiger partial charge >= 0.3 is 0 Å². The van der Waals surface area contributed by atoms with Gasteiger partial charge in [-0.2, -0.15) is 0 Å². The molecule has 1 aromatic heterocycles. The van der Waals surface area contributed by atoms with Crippen LogP contribution in [0.1, 0.15) is 23.1 Å². The van der Waals surface area contributed by atoms with E-state index in [1.807, 2.05) is 55.7 Å². The van der Waals surface area contributed by atoms with Gasteiger partial charge in [-0.3, -0.25) is 9.59 Å². The summed E-state index contributed by atoms with van der Waals surface area (Å²) in [5, 5.41) is 3.22. The Morgan fingerprint density at radius 3 is 2.74 bits per heavy atom. The Labute approximate surface area is 158 Å². The van der Waals surface area contributed by atoms with Crippen LogP contribution < -0.4 is 10.2 Å². The van der Waals surface area contributed by atoms with Crippen molar-refractivity contribution in [2.45, 2.75) is 32.7 Å². The minimum Gasteiger partial charge on any atom is -0.361 e. The molecule has 2 heterocycles. The predicted molar refractivity (Wildman–Crippen MR) is 106 cm³/mol. The molecule has 0 spiro atoms. The van der Waals surface area contributed by atoms with Gasteiger partial charge in [0.25, 0.3) is 5.91 Å². The Kier molecular flexibility index (Phi) is 4.54. The van der Waals surface area contributed by atoms with E-state index < -0.39 is 0 Å². The highest BCUT2D eigenvalue weighted by Gasteiger charge is 2.42. The number of aromatic nitrogens is 1. The van der Waals surface area contributed by atoms with Crippen LogP contribution in [0.5, 0.6) is 0 Å². The lowest BCUT2D eigenvalue weighted by atomic mass is 10.1. The van der Waals surface area contributed by atoms with Gasteiger partial charge in [-0.05, 0) is 48.7 Å². The number of amides is 2. The number of anilines is 1. The van der Waals surface area contributed by atoms with Crippen molar-refractivity contribution in [3.05, 3.63) is 65.4 Å². The van der Waals surface area contributed by atoms with Gasteiger partial charge in [-0.1, -0.05) is 24.3 Å².